The number of nitrogens with zero attached hydrogens (tertiary/aromatic N) is 9. The topological polar surface area (TPSA) is 229 Å². The van der Waals surface area contributed by atoms with Crippen LogP contribution in [0.3, 0.4) is 0 Å². The first kappa shape index (κ1) is 41.3. The fourth-order valence-corrected chi connectivity index (χ4v) is 10.2. The zero-order valence-electron chi connectivity index (χ0n) is 33.2. The number of aryl methyl sites for hydroxylation is 6. The molecule has 0 spiro atoms. The largest absolute Gasteiger partial charge is 0.338 e. The van der Waals surface area contributed by atoms with Crippen LogP contribution < -0.4 is 10.2 Å². The molecule has 61 heavy (non-hydrogen) atoms. The molecule has 4 aromatic heterocycles. The van der Waals surface area contributed by atoms with Crippen LogP contribution in [-0.4, -0.2) is 50.7 Å². The number of para-hydroxylation sites is 2. The van der Waals surface area contributed by atoms with E-state index in [1.807, 2.05) is 48.5 Å². The van der Waals surface area contributed by atoms with Crippen LogP contribution >= 0.6 is 22.7 Å². The predicted molar refractivity (Wildman–Crippen MR) is 236 cm³/mol. The van der Waals surface area contributed by atoms with Crippen LogP contribution in [0.1, 0.15) is 39.1 Å². The van der Waals surface area contributed by atoms with Crippen molar-refractivity contribution < 1.29 is 25.9 Å². The van der Waals surface area contributed by atoms with Crippen LogP contribution in [0.2, 0.25) is 0 Å². The number of hydrogen-bond donors (Lipinski definition) is 3. The van der Waals surface area contributed by atoms with Gasteiger partial charge >= 0.3 is 0 Å². The minimum absolute atomic E-state index is 0.139. The second-order valence-corrected chi connectivity index (χ2v) is 19.0. The molecule has 8 rings (SSSR count). The molecule has 16 nitrogen and oxygen atoms in total. The van der Waals surface area contributed by atoms with Crippen molar-refractivity contribution in [3.05, 3.63) is 118 Å². The standard InChI is InChI=1S/C41H34N10O6S4/c1-21-15-27(60(52,53)54)16-22(2)35(21)46-38-36(47-48-39-29(20-42)26(6)49-51(39)41-44-31-12-8-10-14-33(31)59-41)23(3)19-34(45-38)50(40-43-30-11-7-9-13-32(30)58-40)37-24(4)17-28(18-25(37)5)61(55,56)57/h7-19H,1-6H3,(H,45,46)(H,52,53,54)(H,55,56,57). The van der Waals surface area contributed by atoms with Crippen molar-refractivity contribution in [3.8, 4) is 11.2 Å². The summed E-state index contributed by atoms with van der Waals surface area (Å²) >= 11 is 2.76. The van der Waals surface area contributed by atoms with E-state index >= 15 is 0 Å². The normalized spacial score (nSPS) is 12.1. The first-order valence-electron chi connectivity index (χ1n) is 18.3. The van der Waals surface area contributed by atoms with Gasteiger partial charge < -0.3 is 5.32 Å². The molecule has 4 aromatic carbocycles. The lowest BCUT2D eigenvalue weighted by molar-refractivity contribution is 0.481. The van der Waals surface area contributed by atoms with Crippen LogP contribution in [0.15, 0.2) is 98.9 Å². The van der Waals surface area contributed by atoms with E-state index in [0.717, 1.165) is 20.4 Å². The lowest BCUT2D eigenvalue weighted by atomic mass is 10.1. The molecular weight excluding hydrogens is 857 g/mol. The SMILES string of the molecule is Cc1cc(N(c2nc3ccccc3s2)c2c(C)cc(S(=O)(=O)O)cc2C)nc(Nc2c(C)cc(S(=O)(=O)O)cc2C)c1N=Nc1c(C#N)c(C)nn1-c1nc2ccccc2s1. The maximum Gasteiger partial charge on any atom is 0.294 e. The number of azo groups is 1. The number of hydrogen-bond acceptors (Lipinski definition) is 15. The highest BCUT2D eigenvalue weighted by atomic mass is 32.2. The van der Waals surface area contributed by atoms with Gasteiger partial charge in [0.25, 0.3) is 20.2 Å². The quantitative estimate of drug-likeness (QED) is 0.0858. The third kappa shape index (κ3) is 7.85. The van der Waals surface area contributed by atoms with E-state index in [9.17, 15) is 31.2 Å². The fraction of sp³-hybridized carbons (Fsp3) is 0.146. The third-order valence-corrected chi connectivity index (χ3v) is 13.5. The van der Waals surface area contributed by atoms with Gasteiger partial charge in [0.05, 0.1) is 41.6 Å². The predicted octanol–water partition coefficient (Wildman–Crippen LogP) is 10.3. The number of rotatable bonds is 10. The Morgan fingerprint density at radius 2 is 1.28 bits per heavy atom. The van der Waals surface area contributed by atoms with E-state index in [-0.39, 0.29) is 32.7 Å². The molecule has 0 radical (unpaired) electrons. The molecule has 0 unspecified atom stereocenters. The van der Waals surface area contributed by atoms with Crippen molar-refractivity contribution in [2.24, 2.45) is 10.2 Å². The van der Waals surface area contributed by atoms with E-state index in [1.54, 1.807) is 52.5 Å². The fourth-order valence-electron chi connectivity index (χ4n) is 6.97. The smallest absolute Gasteiger partial charge is 0.294 e. The van der Waals surface area contributed by atoms with E-state index in [4.69, 9.17) is 20.1 Å². The summed E-state index contributed by atoms with van der Waals surface area (Å²) in [5.41, 5.74) is 5.83. The number of thiazole rings is 2. The number of pyridine rings is 1. The van der Waals surface area contributed by atoms with Crippen LogP contribution in [0.5, 0.6) is 0 Å². The first-order chi connectivity index (χ1) is 28.9. The number of benzene rings is 4. The van der Waals surface area contributed by atoms with Crippen LogP contribution in [0.4, 0.5) is 39.6 Å². The Morgan fingerprint density at radius 1 is 0.721 bits per heavy atom. The Morgan fingerprint density at radius 3 is 1.84 bits per heavy atom. The summed E-state index contributed by atoms with van der Waals surface area (Å²) in [6.07, 6.45) is 0. The Bertz CT molecular complexity index is 3290. The summed E-state index contributed by atoms with van der Waals surface area (Å²) in [6, 6.07) is 24.6. The van der Waals surface area contributed by atoms with Gasteiger partial charge in [-0.3, -0.25) is 14.0 Å². The number of anilines is 5. The van der Waals surface area contributed by atoms with Crippen LogP contribution in [-0.2, 0) is 20.2 Å². The Labute approximate surface area is 358 Å². The van der Waals surface area contributed by atoms with Crippen LogP contribution in [0, 0.1) is 52.9 Å². The van der Waals surface area contributed by atoms with Gasteiger partial charge in [0.15, 0.2) is 16.8 Å². The molecule has 3 N–H and O–H groups in total. The molecule has 4 heterocycles. The molecule has 0 amide bonds. The molecular formula is C41H34N10O6S4. The molecule has 0 fully saturated rings. The van der Waals surface area contributed by atoms with Crippen molar-refractivity contribution in [1.82, 2.24) is 24.7 Å². The maximum absolute atomic E-state index is 12.3. The lowest BCUT2D eigenvalue weighted by Gasteiger charge is -2.27. The zero-order valence-corrected chi connectivity index (χ0v) is 36.5. The Balaban J connectivity index is 1.36. The van der Waals surface area contributed by atoms with Gasteiger partial charge in [0.2, 0.25) is 5.13 Å². The highest BCUT2D eigenvalue weighted by Crippen LogP contribution is 2.45. The van der Waals surface area contributed by atoms with Gasteiger partial charge in [-0.1, -0.05) is 46.9 Å². The van der Waals surface area contributed by atoms with Crippen molar-refractivity contribution in [2.45, 2.75) is 51.3 Å². The molecule has 0 saturated heterocycles. The Kier molecular flexibility index (Phi) is 10.5. The van der Waals surface area contributed by atoms with Gasteiger partial charge in [-0.05, 0) is 124 Å². The lowest BCUT2D eigenvalue weighted by Crippen LogP contribution is -2.16. The Hall–Kier alpha value is -6.47. The number of aromatic nitrogens is 5. The van der Waals surface area contributed by atoms with Crippen molar-refractivity contribution >= 4 is 103 Å². The molecule has 0 atom stereocenters. The monoisotopic (exact) mass is 890 g/mol. The molecule has 0 aliphatic carbocycles. The van der Waals surface area contributed by atoms with E-state index < -0.39 is 20.2 Å². The summed E-state index contributed by atoms with van der Waals surface area (Å²) in [5, 5.41) is 28.5. The van der Waals surface area contributed by atoms with Crippen molar-refractivity contribution in [1.29, 1.82) is 5.26 Å². The first-order valence-corrected chi connectivity index (χ1v) is 22.8. The second-order valence-electron chi connectivity index (χ2n) is 14.2. The van der Waals surface area contributed by atoms with E-state index in [1.165, 1.54) is 51.6 Å². The third-order valence-electron chi connectivity index (χ3n) is 9.76. The highest BCUT2D eigenvalue weighted by Gasteiger charge is 2.27. The summed E-state index contributed by atoms with van der Waals surface area (Å²) < 4.78 is 71.9. The van der Waals surface area contributed by atoms with Crippen molar-refractivity contribution in [2.75, 3.05) is 10.2 Å². The van der Waals surface area contributed by atoms with Gasteiger partial charge in [0, 0.05) is 5.69 Å². The van der Waals surface area contributed by atoms with E-state index in [0.29, 0.717) is 61.0 Å². The summed E-state index contributed by atoms with van der Waals surface area (Å²) in [6.45, 7) is 10.3. The highest BCUT2D eigenvalue weighted by molar-refractivity contribution is 7.86. The maximum atomic E-state index is 12.3. The number of nitrogens with one attached hydrogen (secondary N) is 1. The van der Waals surface area contributed by atoms with Gasteiger partial charge in [-0.2, -0.15) is 31.9 Å². The average Bonchev–Trinajstić information content (AvgIpc) is 3.90. The molecule has 0 aliphatic rings. The van der Waals surface area contributed by atoms with Gasteiger partial charge in [-0.15, -0.1) is 10.2 Å². The zero-order chi connectivity index (χ0) is 43.5. The summed E-state index contributed by atoms with van der Waals surface area (Å²) in [7, 11) is -9.06. The molecule has 0 saturated carbocycles. The molecule has 0 bridgehead atoms. The van der Waals surface area contributed by atoms with Crippen molar-refractivity contribution in [3.63, 3.8) is 0 Å². The summed E-state index contributed by atoms with van der Waals surface area (Å²) in [4.78, 5) is 16.0. The summed E-state index contributed by atoms with van der Waals surface area (Å²) in [5.74, 6) is 0.642. The van der Waals surface area contributed by atoms with Gasteiger partial charge in [-0.25, -0.2) is 15.0 Å². The molecule has 308 valence electrons. The minimum atomic E-state index is -4.54. The number of nitriles is 1. The molecule has 20 heteroatoms. The van der Waals surface area contributed by atoms with Gasteiger partial charge in [0.1, 0.15) is 23.1 Å². The minimum Gasteiger partial charge on any atom is -0.338 e. The second kappa shape index (κ2) is 15.5. The van der Waals surface area contributed by atoms with Crippen LogP contribution in [0.25, 0.3) is 25.6 Å². The molecule has 0 aliphatic heterocycles. The van der Waals surface area contributed by atoms with E-state index in [2.05, 4.69) is 21.6 Å². The molecule has 8 aromatic rings. The number of fused-ring (bicyclic) bond motifs is 2. The average molecular weight is 891 g/mol.